The molecule has 12 heteroatoms. The van der Waals surface area contributed by atoms with Crippen molar-refractivity contribution in [3.8, 4) is 46.3 Å². The van der Waals surface area contributed by atoms with E-state index in [1.165, 1.54) is 0 Å². The number of likely N-dealkylation sites (N-methyl/N-ethyl adjacent to an activating group) is 1. The van der Waals surface area contributed by atoms with Gasteiger partial charge in [0.15, 0.2) is 34.5 Å². The molecule has 0 aromatic heterocycles. The lowest BCUT2D eigenvalue weighted by Crippen LogP contribution is -2.54. The molecule has 0 amide bonds. The number of hydrogen-bond acceptors (Lipinski definition) is 12. The van der Waals surface area contributed by atoms with Crippen LogP contribution >= 0.6 is 0 Å². The molecule has 12 nitrogen and oxygen atoms in total. The predicted molar refractivity (Wildman–Crippen MR) is 186 cm³/mol. The predicted octanol–water partition coefficient (Wildman–Crippen LogP) is 4.94. The van der Waals surface area contributed by atoms with Crippen molar-refractivity contribution in [2.75, 3.05) is 70.5 Å². The number of fused-ring (bicyclic) bond motifs is 3. The van der Waals surface area contributed by atoms with Crippen LogP contribution in [-0.2, 0) is 28.8 Å². The molecule has 50 heavy (non-hydrogen) atoms. The van der Waals surface area contributed by atoms with E-state index in [1.54, 1.807) is 49.8 Å². The van der Waals surface area contributed by atoms with Crippen molar-refractivity contribution < 1.29 is 42.7 Å². The highest BCUT2D eigenvalue weighted by Crippen LogP contribution is 2.48. The Balaban J connectivity index is 1.52. The summed E-state index contributed by atoms with van der Waals surface area (Å²) in [4.78, 5) is 17.8. The number of ether oxygens (including phenoxy) is 8. The molecule has 0 fully saturated rings. The number of rotatable bonds is 13. The third kappa shape index (κ3) is 6.93. The van der Waals surface area contributed by atoms with Crippen LogP contribution in [0.1, 0.15) is 46.3 Å². The standard InChI is InChI=1S/C38H47N3O9/c1-40(2)37-27-19-33(46-6)30(43-3)16-23(27)14-25(20-39)41-28(37)15-24-17-31(44-4)32(45-5)18-26(24)29(41)21-50-36(42)11-10-22-12-34(47-7)38(49-9)35(13-22)48-8/h12-13,16-19,25,28-29,37H,10-11,14-15,21H2,1-9H3/t25-,28?,29?,37-/m1/s1. The van der Waals surface area contributed by atoms with Crippen molar-refractivity contribution in [2.45, 2.75) is 49.9 Å². The minimum atomic E-state index is -0.536. The summed E-state index contributed by atoms with van der Waals surface area (Å²) in [5, 5.41) is 10.7. The van der Waals surface area contributed by atoms with E-state index in [0.717, 1.165) is 27.8 Å². The molecule has 2 unspecified atom stereocenters. The van der Waals surface area contributed by atoms with E-state index >= 15 is 0 Å². The fraction of sp³-hybridized carbons (Fsp3) is 0.474. The molecule has 0 bridgehead atoms. The maximum absolute atomic E-state index is 13.4. The van der Waals surface area contributed by atoms with Gasteiger partial charge in [-0.25, -0.2) is 0 Å². The van der Waals surface area contributed by atoms with Crippen molar-refractivity contribution >= 4 is 5.97 Å². The Morgan fingerprint density at radius 1 is 0.740 bits per heavy atom. The Bertz CT molecular complexity index is 1710. The van der Waals surface area contributed by atoms with Gasteiger partial charge in [-0.1, -0.05) is 0 Å². The summed E-state index contributed by atoms with van der Waals surface area (Å²) in [5.41, 5.74) is 4.86. The minimum Gasteiger partial charge on any atom is -0.493 e. The smallest absolute Gasteiger partial charge is 0.306 e. The van der Waals surface area contributed by atoms with Gasteiger partial charge in [0, 0.05) is 18.9 Å². The van der Waals surface area contributed by atoms with Gasteiger partial charge < -0.3 is 42.8 Å². The Morgan fingerprint density at radius 2 is 1.26 bits per heavy atom. The Labute approximate surface area is 294 Å². The number of aryl methyl sites for hydroxylation is 1. The van der Waals surface area contributed by atoms with Crippen molar-refractivity contribution in [2.24, 2.45) is 0 Å². The van der Waals surface area contributed by atoms with E-state index in [-0.39, 0.29) is 31.1 Å². The maximum atomic E-state index is 13.4. The van der Waals surface area contributed by atoms with Crippen LogP contribution in [0.15, 0.2) is 36.4 Å². The van der Waals surface area contributed by atoms with Gasteiger partial charge >= 0.3 is 5.97 Å². The van der Waals surface area contributed by atoms with E-state index in [0.29, 0.717) is 59.5 Å². The molecule has 0 radical (unpaired) electrons. The summed E-state index contributed by atoms with van der Waals surface area (Å²) in [6.07, 6.45) is 1.59. The first-order valence-corrected chi connectivity index (χ1v) is 16.4. The zero-order chi connectivity index (χ0) is 36.1. The molecule has 3 aromatic carbocycles. The van der Waals surface area contributed by atoms with Gasteiger partial charge in [-0.15, -0.1) is 0 Å². The monoisotopic (exact) mass is 689 g/mol. The fourth-order valence-corrected chi connectivity index (χ4v) is 7.46. The van der Waals surface area contributed by atoms with E-state index in [4.69, 9.17) is 37.9 Å². The molecule has 3 aromatic rings. The molecule has 0 N–H and O–H groups in total. The van der Waals surface area contributed by atoms with Gasteiger partial charge in [-0.2, -0.15) is 5.26 Å². The number of benzene rings is 3. The zero-order valence-corrected chi connectivity index (χ0v) is 30.3. The topological polar surface area (TPSA) is 121 Å². The van der Waals surface area contributed by atoms with Crippen molar-refractivity contribution in [1.29, 1.82) is 5.26 Å². The Morgan fingerprint density at radius 3 is 1.76 bits per heavy atom. The average Bonchev–Trinajstić information content (AvgIpc) is 3.27. The van der Waals surface area contributed by atoms with Crippen LogP contribution in [0.2, 0.25) is 0 Å². The number of esters is 1. The molecule has 0 saturated carbocycles. The second-order valence-corrected chi connectivity index (χ2v) is 12.5. The Kier molecular flexibility index (Phi) is 11.5. The molecular weight excluding hydrogens is 642 g/mol. The molecule has 2 aliphatic rings. The highest BCUT2D eigenvalue weighted by atomic mass is 16.5. The summed E-state index contributed by atoms with van der Waals surface area (Å²) in [6.45, 7) is 0.0361. The number of carbonyl (C=O) groups excluding carboxylic acids is 1. The molecule has 5 rings (SSSR count). The molecule has 0 spiro atoms. The third-order valence-electron chi connectivity index (χ3n) is 9.73. The van der Waals surface area contributed by atoms with Crippen LogP contribution in [0.3, 0.4) is 0 Å². The van der Waals surface area contributed by atoms with Gasteiger partial charge in [0.1, 0.15) is 12.6 Å². The minimum absolute atomic E-state index is 0.0361. The Hall–Kier alpha value is -4.86. The highest BCUT2D eigenvalue weighted by molar-refractivity contribution is 5.70. The normalized spacial score (nSPS) is 19.5. The number of methoxy groups -OCH3 is 7. The van der Waals surface area contributed by atoms with Crippen LogP contribution in [0, 0.1) is 11.3 Å². The molecule has 2 aliphatic heterocycles. The van der Waals surface area contributed by atoms with Gasteiger partial charge in [-0.3, -0.25) is 9.69 Å². The van der Waals surface area contributed by atoms with Crippen LogP contribution in [-0.4, -0.2) is 98.3 Å². The van der Waals surface area contributed by atoms with E-state index in [9.17, 15) is 10.1 Å². The molecule has 4 atom stereocenters. The van der Waals surface area contributed by atoms with Gasteiger partial charge in [0.05, 0.1) is 67.9 Å². The van der Waals surface area contributed by atoms with Crippen LogP contribution in [0.5, 0.6) is 40.2 Å². The molecule has 0 aliphatic carbocycles. The summed E-state index contributed by atoms with van der Waals surface area (Å²) in [7, 11) is 15.2. The average molecular weight is 690 g/mol. The fourth-order valence-electron chi connectivity index (χ4n) is 7.46. The summed E-state index contributed by atoms with van der Waals surface area (Å²) >= 11 is 0. The first-order valence-electron chi connectivity index (χ1n) is 16.4. The van der Waals surface area contributed by atoms with E-state index < -0.39 is 12.1 Å². The second-order valence-electron chi connectivity index (χ2n) is 12.5. The molecule has 268 valence electrons. The lowest BCUT2D eigenvalue weighted by atomic mass is 9.82. The first-order chi connectivity index (χ1) is 24.2. The van der Waals surface area contributed by atoms with Crippen LogP contribution in [0.25, 0.3) is 0 Å². The summed E-state index contributed by atoms with van der Waals surface area (Å²) < 4.78 is 45.3. The molecular formula is C38H47N3O9. The van der Waals surface area contributed by atoms with Crippen LogP contribution in [0.4, 0.5) is 0 Å². The number of hydrogen-bond donors (Lipinski definition) is 0. The van der Waals surface area contributed by atoms with Crippen LogP contribution < -0.4 is 33.2 Å². The molecule has 0 saturated heterocycles. The largest absolute Gasteiger partial charge is 0.493 e. The van der Waals surface area contributed by atoms with E-state index in [1.807, 2.05) is 50.5 Å². The zero-order valence-electron chi connectivity index (χ0n) is 30.3. The second kappa shape index (κ2) is 15.8. The van der Waals surface area contributed by atoms with E-state index in [2.05, 4.69) is 15.9 Å². The van der Waals surface area contributed by atoms with Crippen molar-refractivity contribution in [1.82, 2.24) is 9.80 Å². The number of nitrogens with zero attached hydrogens (tertiary/aromatic N) is 3. The quantitative estimate of drug-likeness (QED) is 0.226. The highest BCUT2D eigenvalue weighted by Gasteiger charge is 2.47. The summed E-state index contributed by atoms with van der Waals surface area (Å²) in [5.74, 6) is 3.55. The van der Waals surface area contributed by atoms with Gasteiger partial charge in [0.2, 0.25) is 5.75 Å². The lowest BCUT2D eigenvalue weighted by Gasteiger charge is -2.48. The third-order valence-corrected chi connectivity index (χ3v) is 9.73. The molecule has 2 heterocycles. The van der Waals surface area contributed by atoms with Gasteiger partial charge in [-0.05, 0) is 91.2 Å². The van der Waals surface area contributed by atoms with Crippen molar-refractivity contribution in [3.05, 3.63) is 64.2 Å². The maximum Gasteiger partial charge on any atom is 0.306 e. The SMILES string of the molecule is COc1cc2c(cc1OC)C(COC(=O)CCc1cc(OC)c(OC)c(OC)c1)N1C(C2)[C@H](N(C)C)c2cc(OC)c(OC)cc2C[C@@H]1C#N. The number of carbonyl (C=O) groups is 1. The summed E-state index contributed by atoms with van der Waals surface area (Å²) in [6, 6.07) is 12.9. The lowest BCUT2D eigenvalue weighted by molar-refractivity contribution is -0.146. The number of nitriles is 1. The van der Waals surface area contributed by atoms with Gasteiger partial charge in [0.25, 0.3) is 0 Å². The van der Waals surface area contributed by atoms with Crippen molar-refractivity contribution in [3.63, 3.8) is 0 Å². The first kappa shape index (κ1) is 36.4.